The first kappa shape index (κ1) is 12.0. The zero-order chi connectivity index (χ0) is 12.3. The summed E-state index contributed by atoms with van der Waals surface area (Å²) >= 11 is 2.14. The number of anilines is 1. The van der Waals surface area contributed by atoms with Gasteiger partial charge in [0.1, 0.15) is 5.82 Å². The van der Waals surface area contributed by atoms with Crippen LogP contribution in [0.4, 0.5) is 5.82 Å². The molecule has 86 valence electrons. The maximum atomic E-state index is 12.0. The molecule has 0 aliphatic heterocycles. The van der Waals surface area contributed by atoms with Crippen molar-refractivity contribution in [3.05, 3.63) is 57.3 Å². The molecule has 0 saturated carbocycles. The number of aryl methyl sites for hydroxylation is 1. The SMILES string of the molecule is Cc1ccnc(NC(=O)c2ccccc2I)c1. The standard InChI is InChI=1S/C13H11IN2O/c1-9-6-7-15-12(8-9)16-13(17)10-4-2-3-5-11(10)14/h2-8H,1H3,(H,15,16,17). The molecule has 0 radical (unpaired) electrons. The number of benzene rings is 1. The molecule has 0 aliphatic rings. The Kier molecular flexibility index (Phi) is 3.73. The lowest BCUT2D eigenvalue weighted by atomic mass is 10.2. The van der Waals surface area contributed by atoms with E-state index in [2.05, 4.69) is 32.9 Å². The van der Waals surface area contributed by atoms with Gasteiger partial charge in [-0.05, 0) is 59.3 Å². The molecule has 0 aliphatic carbocycles. The molecular weight excluding hydrogens is 327 g/mol. The predicted octanol–water partition coefficient (Wildman–Crippen LogP) is 3.25. The maximum absolute atomic E-state index is 12.0. The van der Waals surface area contributed by atoms with Gasteiger partial charge >= 0.3 is 0 Å². The average Bonchev–Trinajstić information content (AvgIpc) is 2.29. The van der Waals surface area contributed by atoms with Crippen molar-refractivity contribution >= 4 is 34.3 Å². The molecule has 2 aromatic rings. The van der Waals surface area contributed by atoms with E-state index in [1.54, 1.807) is 12.3 Å². The highest BCUT2D eigenvalue weighted by molar-refractivity contribution is 14.1. The van der Waals surface area contributed by atoms with Gasteiger partial charge in [0, 0.05) is 9.77 Å². The second-order valence-corrected chi connectivity index (χ2v) is 4.81. The lowest BCUT2D eigenvalue weighted by Gasteiger charge is -2.06. The zero-order valence-electron chi connectivity index (χ0n) is 9.27. The van der Waals surface area contributed by atoms with Crippen molar-refractivity contribution in [3.8, 4) is 0 Å². The molecule has 2 rings (SSSR count). The Morgan fingerprint density at radius 3 is 2.76 bits per heavy atom. The van der Waals surface area contributed by atoms with E-state index in [-0.39, 0.29) is 5.91 Å². The molecule has 17 heavy (non-hydrogen) atoms. The number of hydrogen-bond acceptors (Lipinski definition) is 2. The fraction of sp³-hybridized carbons (Fsp3) is 0.0769. The summed E-state index contributed by atoms with van der Waals surface area (Å²) in [6.07, 6.45) is 1.68. The predicted molar refractivity (Wildman–Crippen MR) is 76.1 cm³/mol. The van der Waals surface area contributed by atoms with E-state index in [4.69, 9.17) is 0 Å². The number of carbonyl (C=O) groups is 1. The Hall–Kier alpha value is -1.43. The van der Waals surface area contributed by atoms with Crippen LogP contribution in [0.15, 0.2) is 42.6 Å². The molecule has 1 amide bonds. The lowest BCUT2D eigenvalue weighted by molar-refractivity contribution is 0.102. The first-order chi connectivity index (χ1) is 8.16. The molecule has 3 nitrogen and oxygen atoms in total. The number of amides is 1. The summed E-state index contributed by atoms with van der Waals surface area (Å²) in [6, 6.07) is 11.2. The van der Waals surface area contributed by atoms with E-state index in [0.29, 0.717) is 11.4 Å². The van der Waals surface area contributed by atoms with Crippen LogP contribution in [0.25, 0.3) is 0 Å². The quantitative estimate of drug-likeness (QED) is 0.854. The number of nitrogens with one attached hydrogen (secondary N) is 1. The van der Waals surface area contributed by atoms with E-state index in [1.165, 1.54) is 0 Å². The summed E-state index contributed by atoms with van der Waals surface area (Å²) in [5.74, 6) is 0.447. The third-order valence-electron chi connectivity index (χ3n) is 2.28. The number of carbonyl (C=O) groups excluding carboxylic acids is 1. The number of hydrogen-bond donors (Lipinski definition) is 1. The second kappa shape index (κ2) is 5.27. The molecule has 0 bridgehead atoms. The minimum Gasteiger partial charge on any atom is -0.307 e. The van der Waals surface area contributed by atoms with Gasteiger partial charge in [-0.15, -0.1) is 0 Å². The molecule has 1 heterocycles. The third-order valence-corrected chi connectivity index (χ3v) is 3.22. The molecule has 0 atom stereocenters. The van der Waals surface area contributed by atoms with Gasteiger partial charge in [-0.1, -0.05) is 12.1 Å². The monoisotopic (exact) mass is 338 g/mol. The molecule has 1 N–H and O–H groups in total. The van der Waals surface area contributed by atoms with Gasteiger partial charge < -0.3 is 5.32 Å². The van der Waals surface area contributed by atoms with E-state index in [9.17, 15) is 4.79 Å². The van der Waals surface area contributed by atoms with Crippen LogP contribution >= 0.6 is 22.6 Å². The van der Waals surface area contributed by atoms with Gasteiger partial charge in [0.05, 0.1) is 5.56 Å². The van der Waals surface area contributed by atoms with Crippen molar-refractivity contribution in [1.82, 2.24) is 4.98 Å². The Balaban J connectivity index is 2.20. The summed E-state index contributed by atoms with van der Waals surface area (Å²) in [7, 11) is 0. The topological polar surface area (TPSA) is 42.0 Å². The normalized spacial score (nSPS) is 10.0. The van der Waals surface area contributed by atoms with E-state index in [1.807, 2.05) is 37.3 Å². The van der Waals surface area contributed by atoms with Crippen LogP contribution in [0.2, 0.25) is 0 Å². The van der Waals surface area contributed by atoms with E-state index in [0.717, 1.165) is 9.13 Å². The van der Waals surface area contributed by atoms with Crippen molar-refractivity contribution < 1.29 is 4.79 Å². The van der Waals surface area contributed by atoms with Gasteiger partial charge in [-0.3, -0.25) is 4.79 Å². The van der Waals surface area contributed by atoms with Crippen LogP contribution in [-0.4, -0.2) is 10.9 Å². The zero-order valence-corrected chi connectivity index (χ0v) is 11.4. The maximum Gasteiger partial charge on any atom is 0.257 e. The minimum atomic E-state index is -0.131. The molecule has 0 saturated heterocycles. The molecule has 1 aromatic carbocycles. The number of halogens is 1. The number of pyridine rings is 1. The lowest BCUT2D eigenvalue weighted by Crippen LogP contribution is -2.14. The highest BCUT2D eigenvalue weighted by Crippen LogP contribution is 2.13. The molecule has 1 aromatic heterocycles. The second-order valence-electron chi connectivity index (χ2n) is 3.65. The van der Waals surface area contributed by atoms with E-state index < -0.39 is 0 Å². The van der Waals surface area contributed by atoms with Crippen LogP contribution in [0.3, 0.4) is 0 Å². The number of rotatable bonds is 2. The summed E-state index contributed by atoms with van der Waals surface area (Å²) in [4.78, 5) is 16.1. The molecule has 0 unspecified atom stereocenters. The average molecular weight is 338 g/mol. The highest BCUT2D eigenvalue weighted by atomic mass is 127. The molecule has 0 fully saturated rings. The van der Waals surface area contributed by atoms with Crippen LogP contribution < -0.4 is 5.32 Å². The highest BCUT2D eigenvalue weighted by Gasteiger charge is 2.09. The van der Waals surface area contributed by atoms with Gasteiger partial charge in [0.15, 0.2) is 0 Å². The summed E-state index contributed by atoms with van der Waals surface area (Å²) in [6.45, 7) is 1.96. The summed E-state index contributed by atoms with van der Waals surface area (Å²) in [5, 5.41) is 2.79. The number of nitrogens with zero attached hydrogens (tertiary/aromatic N) is 1. The minimum absolute atomic E-state index is 0.131. The molecular formula is C13H11IN2O. The van der Waals surface area contributed by atoms with Crippen molar-refractivity contribution in [2.75, 3.05) is 5.32 Å². The van der Waals surface area contributed by atoms with Crippen molar-refractivity contribution in [1.29, 1.82) is 0 Å². The number of aromatic nitrogens is 1. The van der Waals surface area contributed by atoms with Crippen LogP contribution in [0.5, 0.6) is 0 Å². The Morgan fingerprint density at radius 1 is 1.29 bits per heavy atom. The van der Waals surface area contributed by atoms with Gasteiger partial charge in [0.2, 0.25) is 0 Å². The van der Waals surface area contributed by atoms with Gasteiger partial charge in [-0.25, -0.2) is 4.98 Å². The fourth-order valence-electron chi connectivity index (χ4n) is 1.43. The van der Waals surface area contributed by atoms with Crippen molar-refractivity contribution in [2.24, 2.45) is 0 Å². The van der Waals surface area contributed by atoms with Crippen LogP contribution in [-0.2, 0) is 0 Å². The first-order valence-corrected chi connectivity index (χ1v) is 6.23. The molecule has 4 heteroatoms. The third kappa shape index (κ3) is 3.03. The molecule has 0 spiro atoms. The van der Waals surface area contributed by atoms with Crippen molar-refractivity contribution in [3.63, 3.8) is 0 Å². The summed E-state index contributed by atoms with van der Waals surface area (Å²) in [5.41, 5.74) is 1.73. The van der Waals surface area contributed by atoms with Crippen LogP contribution in [0, 0.1) is 10.5 Å². The van der Waals surface area contributed by atoms with E-state index >= 15 is 0 Å². The Labute approximate surface area is 113 Å². The largest absolute Gasteiger partial charge is 0.307 e. The van der Waals surface area contributed by atoms with Crippen molar-refractivity contribution in [2.45, 2.75) is 6.92 Å². The fourth-order valence-corrected chi connectivity index (χ4v) is 2.07. The summed E-state index contributed by atoms with van der Waals surface area (Å²) < 4.78 is 0.926. The Bertz CT molecular complexity index is 555. The van der Waals surface area contributed by atoms with Gasteiger partial charge in [0.25, 0.3) is 5.91 Å². The Morgan fingerprint density at radius 2 is 2.06 bits per heavy atom. The first-order valence-electron chi connectivity index (χ1n) is 5.15. The van der Waals surface area contributed by atoms with Gasteiger partial charge in [-0.2, -0.15) is 0 Å². The van der Waals surface area contributed by atoms with Crippen LogP contribution in [0.1, 0.15) is 15.9 Å². The smallest absolute Gasteiger partial charge is 0.257 e.